The van der Waals surface area contributed by atoms with Crippen molar-refractivity contribution in [2.24, 2.45) is 0 Å². The molecule has 0 fully saturated rings. The van der Waals surface area contributed by atoms with Gasteiger partial charge in [0.05, 0.1) is 0 Å². The molecule has 0 saturated heterocycles. The molecule has 0 aliphatic rings. The molecule has 0 unspecified atom stereocenters. The molecule has 0 atom stereocenters. The van der Waals surface area contributed by atoms with E-state index in [1.54, 1.807) is 0 Å². The summed E-state index contributed by atoms with van der Waals surface area (Å²) in [7, 11) is 0. The molecule has 0 aromatic rings. The Labute approximate surface area is 82.2 Å². The van der Waals surface area contributed by atoms with Crippen LogP contribution in [0, 0.1) is 0 Å². The minimum absolute atomic E-state index is 0.621. The predicted molar refractivity (Wildman–Crippen MR) is 57.4 cm³/mol. The van der Waals surface area contributed by atoms with Gasteiger partial charge in [0.2, 0.25) is 0 Å². The number of hydrogen-bond acceptors (Lipinski definition) is 1. The van der Waals surface area contributed by atoms with Crippen LogP contribution in [0.5, 0.6) is 0 Å². The van der Waals surface area contributed by atoms with Crippen molar-refractivity contribution in [1.82, 2.24) is 0 Å². The van der Waals surface area contributed by atoms with Crippen molar-refractivity contribution < 1.29 is 4.79 Å². The molecular formula is C12H21O. The van der Waals surface area contributed by atoms with Crippen LogP contribution in [0.1, 0.15) is 58.3 Å². The maximum Gasteiger partial charge on any atom is 0.198 e. The molecule has 13 heavy (non-hydrogen) atoms. The monoisotopic (exact) mass is 181 g/mol. The molecule has 0 saturated carbocycles. The molecular weight excluding hydrogens is 160 g/mol. The third-order valence-electron chi connectivity index (χ3n) is 2.05. The van der Waals surface area contributed by atoms with Gasteiger partial charge in [-0.2, -0.15) is 0 Å². The highest BCUT2D eigenvalue weighted by Gasteiger charge is 1.89. The molecule has 1 radical (unpaired) electrons. The van der Waals surface area contributed by atoms with Gasteiger partial charge in [-0.15, -0.1) is 0 Å². The Morgan fingerprint density at radius 2 is 1.69 bits per heavy atom. The van der Waals surface area contributed by atoms with Crippen LogP contribution in [0.2, 0.25) is 0 Å². The van der Waals surface area contributed by atoms with Crippen LogP contribution >= 0.6 is 0 Å². The average Bonchev–Trinajstić information content (AvgIpc) is 2.16. The largest absolute Gasteiger partial charge is 0.291 e. The molecule has 1 nitrogen and oxygen atoms in total. The molecule has 0 aromatic carbocycles. The fourth-order valence-electron chi connectivity index (χ4n) is 1.27. The summed E-state index contributed by atoms with van der Waals surface area (Å²) in [6, 6.07) is 0. The summed E-state index contributed by atoms with van der Waals surface area (Å²) < 4.78 is 0. The SMILES string of the molecule is CC/C=C\CCCCCCC[C]=O. The molecule has 0 aromatic heterocycles. The number of allylic oxidation sites excluding steroid dienone is 2. The van der Waals surface area contributed by atoms with E-state index in [2.05, 4.69) is 19.1 Å². The number of hydrogen-bond donors (Lipinski definition) is 0. The van der Waals surface area contributed by atoms with E-state index in [0.29, 0.717) is 6.42 Å². The van der Waals surface area contributed by atoms with E-state index in [4.69, 9.17) is 0 Å². The Morgan fingerprint density at radius 3 is 2.38 bits per heavy atom. The van der Waals surface area contributed by atoms with Crippen molar-refractivity contribution in [2.45, 2.75) is 58.3 Å². The zero-order valence-corrected chi connectivity index (χ0v) is 8.72. The van der Waals surface area contributed by atoms with Crippen molar-refractivity contribution in [3.8, 4) is 0 Å². The van der Waals surface area contributed by atoms with E-state index >= 15 is 0 Å². The fourth-order valence-corrected chi connectivity index (χ4v) is 1.27. The predicted octanol–water partition coefficient (Wildman–Crippen LogP) is 3.79. The van der Waals surface area contributed by atoms with Gasteiger partial charge >= 0.3 is 0 Å². The molecule has 0 aliphatic heterocycles. The van der Waals surface area contributed by atoms with Gasteiger partial charge in [0.15, 0.2) is 6.29 Å². The zero-order chi connectivity index (χ0) is 9.78. The number of rotatable bonds is 9. The third kappa shape index (κ3) is 11.4. The fraction of sp³-hybridized carbons (Fsp3) is 0.750. The van der Waals surface area contributed by atoms with E-state index in [-0.39, 0.29) is 0 Å². The first kappa shape index (κ1) is 12.4. The lowest BCUT2D eigenvalue weighted by Crippen LogP contribution is -1.79. The van der Waals surface area contributed by atoms with Crippen LogP contribution in [0.4, 0.5) is 0 Å². The second kappa shape index (κ2) is 11.4. The van der Waals surface area contributed by atoms with Crippen LogP contribution in [0.15, 0.2) is 12.2 Å². The Kier molecular flexibility index (Phi) is 10.9. The molecule has 0 N–H and O–H groups in total. The van der Waals surface area contributed by atoms with E-state index in [1.807, 2.05) is 6.29 Å². The van der Waals surface area contributed by atoms with Crippen molar-refractivity contribution in [2.75, 3.05) is 0 Å². The maximum atomic E-state index is 9.88. The van der Waals surface area contributed by atoms with E-state index in [9.17, 15) is 4.79 Å². The van der Waals surface area contributed by atoms with E-state index < -0.39 is 0 Å². The third-order valence-corrected chi connectivity index (χ3v) is 2.05. The Morgan fingerprint density at radius 1 is 1.00 bits per heavy atom. The van der Waals surface area contributed by atoms with Crippen molar-refractivity contribution in [1.29, 1.82) is 0 Å². The van der Waals surface area contributed by atoms with Gasteiger partial charge < -0.3 is 0 Å². The lowest BCUT2D eigenvalue weighted by molar-refractivity contribution is 0.542. The van der Waals surface area contributed by atoms with Crippen LogP contribution in [-0.4, -0.2) is 6.29 Å². The standard InChI is InChI=1S/C12H21O/c1-2-3-4-5-6-7-8-9-10-11-12-13/h3-4H,2,5-11H2,1H3/b4-3-. The average molecular weight is 181 g/mol. The van der Waals surface area contributed by atoms with Crippen LogP contribution < -0.4 is 0 Å². The van der Waals surface area contributed by atoms with Crippen molar-refractivity contribution >= 4 is 6.29 Å². The summed E-state index contributed by atoms with van der Waals surface area (Å²) in [5.41, 5.74) is 0. The molecule has 0 spiro atoms. The van der Waals surface area contributed by atoms with Gasteiger partial charge in [0.25, 0.3) is 0 Å². The summed E-state index contributed by atoms with van der Waals surface area (Å²) in [6.45, 7) is 2.16. The lowest BCUT2D eigenvalue weighted by Gasteiger charge is -1.96. The minimum Gasteiger partial charge on any atom is -0.291 e. The normalized spacial score (nSPS) is 10.8. The second-order valence-electron chi connectivity index (χ2n) is 3.33. The van der Waals surface area contributed by atoms with Gasteiger partial charge in [-0.25, -0.2) is 0 Å². The van der Waals surface area contributed by atoms with E-state index in [0.717, 1.165) is 12.8 Å². The Bertz CT molecular complexity index is 127. The Balaban J connectivity index is 2.91. The van der Waals surface area contributed by atoms with Crippen molar-refractivity contribution in [3.63, 3.8) is 0 Å². The molecule has 0 amide bonds. The van der Waals surface area contributed by atoms with Gasteiger partial charge in [-0.1, -0.05) is 38.3 Å². The molecule has 0 aliphatic carbocycles. The highest BCUT2D eigenvalue weighted by molar-refractivity contribution is 5.50. The van der Waals surface area contributed by atoms with Gasteiger partial charge in [0, 0.05) is 6.42 Å². The molecule has 0 heterocycles. The first-order valence-electron chi connectivity index (χ1n) is 5.41. The highest BCUT2D eigenvalue weighted by atomic mass is 16.1. The zero-order valence-electron chi connectivity index (χ0n) is 8.72. The summed E-state index contributed by atoms with van der Waals surface area (Å²) in [4.78, 5) is 9.88. The molecule has 0 bridgehead atoms. The summed E-state index contributed by atoms with van der Waals surface area (Å²) in [5.74, 6) is 0. The van der Waals surface area contributed by atoms with Crippen LogP contribution in [0.3, 0.4) is 0 Å². The minimum atomic E-state index is 0.621. The molecule has 1 heteroatoms. The first-order chi connectivity index (χ1) is 6.41. The maximum absolute atomic E-state index is 9.88. The molecule has 75 valence electrons. The quantitative estimate of drug-likeness (QED) is 0.390. The van der Waals surface area contributed by atoms with Gasteiger partial charge in [0.1, 0.15) is 0 Å². The topological polar surface area (TPSA) is 17.1 Å². The summed E-state index contributed by atoms with van der Waals surface area (Å²) in [6.07, 6.45) is 15.5. The highest BCUT2D eigenvalue weighted by Crippen LogP contribution is 2.06. The van der Waals surface area contributed by atoms with E-state index in [1.165, 1.54) is 32.1 Å². The number of carbonyl (C=O) groups excluding carboxylic acids is 1. The summed E-state index contributed by atoms with van der Waals surface area (Å²) in [5, 5.41) is 0. The van der Waals surface area contributed by atoms with Crippen LogP contribution in [-0.2, 0) is 4.79 Å². The first-order valence-corrected chi connectivity index (χ1v) is 5.41. The number of unbranched alkanes of at least 4 members (excludes halogenated alkanes) is 6. The smallest absolute Gasteiger partial charge is 0.198 e. The molecule has 0 rings (SSSR count). The van der Waals surface area contributed by atoms with Crippen LogP contribution in [0.25, 0.3) is 0 Å². The second-order valence-corrected chi connectivity index (χ2v) is 3.33. The van der Waals surface area contributed by atoms with Gasteiger partial charge in [-0.05, 0) is 25.7 Å². The summed E-state index contributed by atoms with van der Waals surface area (Å²) >= 11 is 0. The Hall–Kier alpha value is -0.590. The van der Waals surface area contributed by atoms with Crippen molar-refractivity contribution in [3.05, 3.63) is 12.2 Å². The lowest BCUT2D eigenvalue weighted by atomic mass is 10.1. The van der Waals surface area contributed by atoms with Gasteiger partial charge in [-0.3, -0.25) is 4.79 Å².